The van der Waals surface area contributed by atoms with Gasteiger partial charge in [-0.15, -0.1) is 0 Å². The Bertz CT molecular complexity index is 1270. The highest BCUT2D eigenvalue weighted by atomic mass is 19.1. The first-order valence-corrected chi connectivity index (χ1v) is 10.3. The molecule has 2 amide bonds. The van der Waals surface area contributed by atoms with Crippen LogP contribution in [0.4, 0.5) is 14.9 Å². The van der Waals surface area contributed by atoms with E-state index in [1.165, 1.54) is 18.2 Å². The molecule has 0 fully saturated rings. The van der Waals surface area contributed by atoms with Crippen LogP contribution in [0, 0.1) is 5.82 Å². The number of pyridine rings is 2. The van der Waals surface area contributed by atoms with Gasteiger partial charge in [0.2, 0.25) is 0 Å². The first-order chi connectivity index (χ1) is 15.6. The zero-order valence-corrected chi connectivity index (χ0v) is 17.5. The molecule has 0 aliphatic heterocycles. The normalized spacial score (nSPS) is 10.8. The predicted octanol–water partition coefficient (Wildman–Crippen LogP) is 4.71. The summed E-state index contributed by atoms with van der Waals surface area (Å²) in [6, 6.07) is 10.7. The van der Waals surface area contributed by atoms with Crippen LogP contribution in [-0.4, -0.2) is 32.9 Å². The van der Waals surface area contributed by atoms with Crippen molar-refractivity contribution in [3.63, 3.8) is 0 Å². The number of halogens is 1. The van der Waals surface area contributed by atoms with Gasteiger partial charge in [0.05, 0.1) is 23.0 Å². The third-order valence-electron chi connectivity index (χ3n) is 5.02. The Hall–Kier alpha value is -4.07. The molecule has 0 spiro atoms. The predicted molar refractivity (Wildman–Crippen MR) is 121 cm³/mol. The van der Waals surface area contributed by atoms with Gasteiger partial charge in [-0.1, -0.05) is 13.3 Å². The van der Waals surface area contributed by atoms with E-state index in [0.717, 1.165) is 18.5 Å². The highest BCUT2D eigenvalue weighted by molar-refractivity contribution is 6.16. The lowest BCUT2D eigenvalue weighted by Crippen LogP contribution is -2.29. The lowest BCUT2D eigenvalue weighted by Gasteiger charge is -2.09. The third-order valence-corrected chi connectivity index (χ3v) is 5.02. The SMILES string of the molecule is CCCCNC(=O)Nc1ccc(F)c(C(=O)c2cn(-c3cccnc3)c3ncccc23)c1. The van der Waals surface area contributed by atoms with Gasteiger partial charge in [-0.05, 0) is 48.9 Å². The number of carbonyl (C=O) groups is 2. The minimum atomic E-state index is -0.668. The smallest absolute Gasteiger partial charge is 0.319 e. The molecule has 0 unspecified atom stereocenters. The van der Waals surface area contributed by atoms with E-state index in [-0.39, 0.29) is 5.56 Å². The van der Waals surface area contributed by atoms with Crippen LogP contribution in [0.5, 0.6) is 0 Å². The Balaban J connectivity index is 1.68. The van der Waals surface area contributed by atoms with Gasteiger partial charge in [-0.2, -0.15) is 0 Å². The summed E-state index contributed by atoms with van der Waals surface area (Å²) in [4.78, 5) is 33.9. The monoisotopic (exact) mass is 431 g/mol. The summed E-state index contributed by atoms with van der Waals surface area (Å²) < 4.78 is 16.4. The summed E-state index contributed by atoms with van der Waals surface area (Å²) in [5.74, 6) is -1.17. The fourth-order valence-electron chi connectivity index (χ4n) is 3.41. The van der Waals surface area contributed by atoms with Crippen LogP contribution in [-0.2, 0) is 0 Å². The minimum absolute atomic E-state index is 0.134. The molecule has 0 atom stereocenters. The van der Waals surface area contributed by atoms with Crippen LogP contribution in [0.1, 0.15) is 35.7 Å². The van der Waals surface area contributed by atoms with E-state index in [4.69, 9.17) is 0 Å². The van der Waals surface area contributed by atoms with Crippen molar-refractivity contribution in [2.45, 2.75) is 19.8 Å². The first-order valence-electron chi connectivity index (χ1n) is 10.3. The average Bonchev–Trinajstić information content (AvgIpc) is 3.20. The number of ketones is 1. The number of nitrogens with zero attached hydrogens (tertiary/aromatic N) is 3. The zero-order valence-electron chi connectivity index (χ0n) is 17.5. The number of amides is 2. The molecular formula is C24H22FN5O2. The van der Waals surface area contributed by atoms with Crippen molar-refractivity contribution < 1.29 is 14.0 Å². The molecule has 3 heterocycles. The molecule has 7 nitrogen and oxygen atoms in total. The molecule has 162 valence electrons. The molecule has 32 heavy (non-hydrogen) atoms. The number of hydrogen-bond acceptors (Lipinski definition) is 4. The molecule has 0 saturated carbocycles. The van der Waals surface area contributed by atoms with Crippen molar-refractivity contribution in [1.82, 2.24) is 19.9 Å². The Labute approximate surface area is 184 Å². The van der Waals surface area contributed by atoms with Gasteiger partial charge in [0.25, 0.3) is 0 Å². The number of carbonyl (C=O) groups excluding carboxylic acids is 2. The van der Waals surface area contributed by atoms with E-state index in [1.807, 2.05) is 13.0 Å². The first kappa shape index (κ1) is 21.2. The molecule has 4 rings (SSSR count). The Morgan fingerprint density at radius 1 is 1.09 bits per heavy atom. The number of aromatic nitrogens is 3. The Morgan fingerprint density at radius 2 is 1.94 bits per heavy atom. The van der Waals surface area contributed by atoms with Gasteiger partial charge in [0, 0.05) is 36.2 Å². The Morgan fingerprint density at radius 3 is 2.72 bits per heavy atom. The highest BCUT2D eigenvalue weighted by Crippen LogP contribution is 2.27. The van der Waals surface area contributed by atoms with Gasteiger partial charge in [-0.3, -0.25) is 14.3 Å². The van der Waals surface area contributed by atoms with Crippen LogP contribution in [0.15, 0.2) is 67.3 Å². The van der Waals surface area contributed by atoms with Crippen LogP contribution >= 0.6 is 0 Å². The van der Waals surface area contributed by atoms with Crippen molar-refractivity contribution in [3.05, 3.63) is 84.2 Å². The van der Waals surface area contributed by atoms with Crippen molar-refractivity contribution in [2.24, 2.45) is 0 Å². The second-order valence-electron chi connectivity index (χ2n) is 7.26. The standard InChI is InChI=1S/C24H22FN5O2/c1-2-3-11-28-24(32)29-16-8-9-21(25)19(13-16)22(31)20-15-30(17-6-4-10-26-14-17)23-18(20)7-5-12-27-23/h4-10,12-15H,2-3,11H2,1H3,(H2,28,29,32). The van der Waals surface area contributed by atoms with Crippen molar-refractivity contribution in [1.29, 1.82) is 0 Å². The largest absolute Gasteiger partial charge is 0.338 e. The van der Waals surface area contributed by atoms with Crippen molar-refractivity contribution in [2.75, 3.05) is 11.9 Å². The number of rotatable bonds is 7. The number of anilines is 1. The number of benzene rings is 1. The summed E-state index contributed by atoms with van der Waals surface area (Å²) >= 11 is 0. The topological polar surface area (TPSA) is 88.9 Å². The minimum Gasteiger partial charge on any atom is -0.338 e. The molecule has 0 bridgehead atoms. The maximum atomic E-state index is 14.6. The number of urea groups is 1. The molecular weight excluding hydrogens is 409 g/mol. The van der Waals surface area contributed by atoms with Gasteiger partial charge in [0.15, 0.2) is 5.78 Å². The fraction of sp³-hybridized carbons (Fsp3) is 0.167. The van der Waals surface area contributed by atoms with E-state index >= 15 is 0 Å². The third kappa shape index (κ3) is 4.34. The molecule has 2 N–H and O–H groups in total. The molecule has 1 aromatic carbocycles. The molecule has 4 aromatic rings. The number of fused-ring (bicyclic) bond motifs is 1. The average molecular weight is 431 g/mol. The van der Waals surface area contributed by atoms with Crippen molar-refractivity contribution >= 4 is 28.5 Å². The van der Waals surface area contributed by atoms with Gasteiger partial charge < -0.3 is 10.6 Å². The maximum absolute atomic E-state index is 14.6. The molecule has 0 aliphatic rings. The summed E-state index contributed by atoms with van der Waals surface area (Å²) in [5, 5.41) is 5.97. The quantitative estimate of drug-likeness (QED) is 0.328. The second-order valence-corrected chi connectivity index (χ2v) is 7.26. The molecule has 8 heteroatoms. The fourth-order valence-corrected chi connectivity index (χ4v) is 3.41. The second kappa shape index (κ2) is 9.38. The highest BCUT2D eigenvalue weighted by Gasteiger charge is 2.21. The molecule has 3 aromatic heterocycles. The summed E-state index contributed by atoms with van der Waals surface area (Å²) in [5.41, 5.74) is 1.80. The number of unbranched alkanes of at least 4 members (excludes halogenated alkanes) is 1. The van der Waals surface area contributed by atoms with Gasteiger partial charge in [0.1, 0.15) is 11.5 Å². The van der Waals surface area contributed by atoms with E-state index in [2.05, 4.69) is 20.6 Å². The van der Waals surface area contributed by atoms with Crippen LogP contribution < -0.4 is 10.6 Å². The van der Waals surface area contributed by atoms with E-state index in [1.54, 1.807) is 47.6 Å². The molecule has 0 radical (unpaired) electrons. The van der Waals surface area contributed by atoms with E-state index in [9.17, 15) is 14.0 Å². The van der Waals surface area contributed by atoms with Gasteiger partial charge in [-0.25, -0.2) is 14.2 Å². The zero-order chi connectivity index (χ0) is 22.5. The molecule has 0 aliphatic carbocycles. The van der Waals surface area contributed by atoms with Crippen LogP contribution in [0.2, 0.25) is 0 Å². The number of hydrogen-bond donors (Lipinski definition) is 2. The summed E-state index contributed by atoms with van der Waals surface area (Å²) in [7, 11) is 0. The van der Waals surface area contributed by atoms with Crippen LogP contribution in [0.25, 0.3) is 16.7 Å². The van der Waals surface area contributed by atoms with Crippen molar-refractivity contribution in [3.8, 4) is 5.69 Å². The lowest BCUT2D eigenvalue weighted by molar-refractivity contribution is 0.103. The lowest BCUT2D eigenvalue weighted by atomic mass is 10.0. The molecule has 0 saturated heterocycles. The summed E-state index contributed by atoms with van der Waals surface area (Å²) in [6.07, 6.45) is 8.39. The van der Waals surface area contributed by atoms with Gasteiger partial charge >= 0.3 is 6.03 Å². The maximum Gasteiger partial charge on any atom is 0.319 e. The van der Waals surface area contributed by atoms with E-state index < -0.39 is 17.6 Å². The van der Waals surface area contributed by atoms with Crippen LogP contribution in [0.3, 0.4) is 0 Å². The summed E-state index contributed by atoms with van der Waals surface area (Å²) in [6.45, 7) is 2.56. The Kier molecular flexibility index (Phi) is 6.21. The number of nitrogens with one attached hydrogen (secondary N) is 2. The van der Waals surface area contributed by atoms with E-state index in [0.29, 0.717) is 28.8 Å².